The molecular weight excluding hydrogens is 240 g/mol. The molecule has 0 aromatic rings. The number of nitrogens with one attached hydrogen (secondary N) is 1. The molecule has 1 aliphatic carbocycles. The van der Waals surface area contributed by atoms with Crippen LogP contribution in [-0.4, -0.2) is 62.5 Å². The molecule has 0 bridgehead atoms. The highest BCUT2D eigenvalue weighted by atomic mass is 16.5. The molecule has 0 amide bonds. The van der Waals surface area contributed by atoms with Gasteiger partial charge in [0.2, 0.25) is 0 Å². The fourth-order valence-corrected chi connectivity index (χ4v) is 2.95. The maximum atomic E-state index is 5.84. The van der Waals surface area contributed by atoms with Gasteiger partial charge >= 0.3 is 0 Å². The van der Waals surface area contributed by atoms with Crippen LogP contribution in [0.2, 0.25) is 0 Å². The van der Waals surface area contributed by atoms with E-state index in [2.05, 4.69) is 24.1 Å². The third-order valence-electron chi connectivity index (χ3n) is 4.21. The zero-order valence-electron chi connectivity index (χ0n) is 12.6. The van der Waals surface area contributed by atoms with Crippen LogP contribution in [-0.2, 0) is 9.47 Å². The summed E-state index contributed by atoms with van der Waals surface area (Å²) in [6, 6.07) is 0.622. The Morgan fingerprint density at radius 3 is 2.84 bits per heavy atom. The average Bonchev–Trinajstić information content (AvgIpc) is 2.92. The molecule has 1 aliphatic heterocycles. The summed E-state index contributed by atoms with van der Waals surface area (Å²) >= 11 is 0. The Labute approximate surface area is 117 Å². The monoisotopic (exact) mass is 270 g/mol. The highest BCUT2D eigenvalue weighted by molar-refractivity contribution is 4.75. The van der Waals surface area contributed by atoms with Gasteiger partial charge in [-0.05, 0) is 26.7 Å². The van der Waals surface area contributed by atoms with Crippen LogP contribution >= 0.6 is 0 Å². The molecule has 1 saturated carbocycles. The fourth-order valence-electron chi connectivity index (χ4n) is 2.95. The lowest BCUT2D eigenvalue weighted by Crippen LogP contribution is -2.49. The van der Waals surface area contributed by atoms with Gasteiger partial charge in [0.25, 0.3) is 0 Å². The van der Waals surface area contributed by atoms with E-state index in [9.17, 15) is 0 Å². The van der Waals surface area contributed by atoms with Crippen LogP contribution in [0.25, 0.3) is 0 Å². The van der Waals surface area contributed by atoms with Gasteiger partial charge in [-0.2, -0.15) is 0 Å². The number of nitrogens with zero attached hydrogens (tertiary/aromatic N) is 1. The summed E-state index contributed by atoms with van der Waals surface area (Å²) in [6.07, 6.45) is 6.08. The Kier molecular flexibility index (Phi) is 6.57. The molecule has 4 nitrogen and oxygen atoms in total. The lowest BCUT2D eigenvalue weighted by molar-refractivity contribution is -0.0380. The Balaban J connectivity index is 1.50. The van der Waals surface area contributed by atoms with Crippen molar-refractivity contribution in [1.29, 1.82) is 0 Å². The van der Waals surface area contributed by atoms with Crippen LogP contribution in [0.3, 0.4) is 0 Å². The lowest BCUT2D eigenvalue weighted by Gasteiger charge is -2.35. The second-order valence-corrected chi connectivity index (χ2v) is 6.06. The second-order valence-electron chi connectivity index (χ2n) is 6.06. The van der Waals surface area contributed by atoms with Gasteiger partial charge in [-0.25, -0.2) is 0 Å². The molecule has 19 heavy (non-hydrogen) atoms. The van der Waals surface area contributed by atoms with E-state index in [0.29, 0.717) is 18.2 Å². The van der Waals surface area contributed by atoms with E-state index in [1.54, 1.807) is 0 Å². The van der Waals surface area contributed by atoms with E-state index >= 15 is 0 Å². The molecule has 1 atom stereocenters. The Morgan fingerprint density at radius 1 is 1.32 bits per heavy atom. The van der Waals surface area contributed by atoms with E-state index in [1.165, 1.54) is 25.7 Å². The first-order valence-electron chi connectivity index (χ1n) is 7.93. The molecule has 0 radical (unpaired) electrons. The molecule has 4 heteroatoms. The van der Waals surface area contributed by atoms with Crippen molar-refractivity contribution in [2.75, 3.05) is 39.4 Å². The van der Waals surface area contributed by atoms with Crippen LogP contribution in [0.1, 0.15) is 39.5 Å². The highest BCUT2D eigenvalue weighted by Crippen LogP contribution is 2.20. The number of hydrogen-bond acceptors (Lipinski definition) is 4. The molecule has 1 saturated heterocycles. The number of morpholine rings is 1. The minimum absolute atomic E-state index is 0.336. The molecule has 112 valence electrons. The molecule has 2 fully saturated rings. The lowest BCUT2D eigenvalue weighted by atomic mass is 10.2. The predicted octanol–water partition coefficient (Wildman–Crippen LogP) is 1.64. The topological polar surface area (TPSA) is 33.7 Å². The minimum atomic E-state index is 0.336. The number of hydrogen-bond donors (Lipinski definition) is 1. The Hall–Kier alpha value is -0.160. The Morgan fingerprint density at radius 2 is 2.11 bits per heavy atom. The van der Waals surface area contributed by atoms with Crippen molar-refractivity contribution in [3.63, 3.8) is 0 Å². The van der Waals surface area contributed by atoms with Gasteiger partial charge in [0, 0.05) is 32.2 Å². The standard InChI is InChI=1S/C15H30N2O2/c1-13(2)17-8-10-19-15(12-17)11-16-7-9-18-14-5-3-4-6-14/h13-16H,3-12H2,1-2H3. The van der Waals surface area contributed by atoms with Crippen LogP contribution in [0.15, 0.2) is 0 Å². The molecule has 2 aliphatic rings. The van der Waals surface area contributed by atoms with Gasteiger partial charge in [0.1, 0.15) is 0 Å². The van der Waals surface area contributed by atoms with Crippen molar-refractivity contribution in [2.24, 2.45) is 0 Å². The van der Waals surface area contributed by atoms with E-state index in [0.717, 1.165) is 39.4 Å². The van der Waals surface area contributed by atoms with E-state index in [1.807, 2.05) is 0 Å². The van der Waals surface area contributed by atoms with Crippen molar-refractivity contribution in [3.05, 3.63) is 0 Å². The summed E-state index contributed by atoms with van der Waals surface area (Å²) in [5, 5.41) is 3.46. The largest absolute Gasteiger partial charge is 0.377 e. The summed E-state index contributed by atoms with van der Waals surface area (Å²) in [7, 11) is 0. The van der Waals surface area contributed by atoms with Crippen LogP contribution in [0.5, 0.6) is 0 Å². The van der Waals surface area contributed by atoms with E-state index < -0.39 is 0 Å². The van der Waals surface area contributed by atoms with Crippen LogP contribution < -0.4 is 5.32 Å². The summed E-state index contributed by atoms with van der Waals surface area (Å²) in [6.45, 7) is 10.2. The van der Waals surface area contributed by atoms with Crippen molar-refractivity contribution >= 4 is 0 Å². The molecule has 2 rings (SSSR count). The summed E-state index contributed by atoms with van der Waals surface area (Å²) in [5.74, 6) is 0. The molecule has 1 heterocycles. The number of rotatable bonds is 7. The van der Waals surface area contributed by atoms with Gasteiger partial charge in [0.05, 0.1) is 25.4 Å². The molecule has 0 aromatic carbocycles. The van der Waals surface area contributed by atoms with Crippen LogP contribution in [0, 0.1) is 0 Å². The van der Waals surface area contributed by atoms with Gasteiger partial charge in [-0.3, -0.25) is 4.90 Å². The Bertz CT molecular complexity index is 242. The smallest absolute Gasteiger partial charge is 0.0826 e. The van der Waals surface area contributed by atoms with Crippen molar-refractivity contribution in [2.45, 2.75) is 57.8 Å². The quantitative estimate of drug-likeness (QED) is 0.713. The maximum Gasteiger partial charge on any atom is 0.0826 e. The van der Waals surface area contributed by atoms with Gasteiger partial charge < -0.3 is 14.8 Å². The zero-order valence-corrected chi connectivity index (χ0v) is 12.6. The molecule has 0 spiro atoms. The predicted molar refractivity (Wildman–Crippen MR) is 77.5 cm³/mol. The number of ether oxygens (including phenoxy) is 2. The van der Waals surface area contributed by atoms with Crippen molar-refractivity contribution in [3.8, 4) is 0 Å². The second kappa shape index (κ2) is 8.20. The summed E-state index contributed by atoms with van der Waals surface area (Å²) in [4.78, 5) is 2.49. The average molecular weight is 270 g/mol. The van der Waals surface area contributed by atoms with Crippen molar-refractivity contribution < 1.29 is 9.47 Å². The highest BCUT2D eigenvalue weighted by Gasteiger charge is 2.21. The summed E-state index contributed by atoms with van der Waals surface area (Å²) in [5.41, 5.74) is 0. The van der Waals surface area contributed by atoms with E-state index in [-0.39, 0.29) is 0 Å². The molecule has 1 N–H and O–H groups in total. The SMILES string of the molecule is CC(C)N1CCOC(CNCCOC2CCCC2)C1. The first-order valence-corrected chi connectivity index (χ1v) is 7.93. The van der Waals surface area contributed by atoms with Crippen molar-refractivity contribution in [1.82, 2.24) is 10.2 Å². The maximum absolute atomic E-state index is 5.84. The fraction of sp³-hybridized carbons (Fsp3) is 1.00. The third kappa shape index (κ3) is 5.38. The molecule has 0 aromatic heterocycles. The van der Waals surface area contributed by atoms with Gasteiger partial charge in [-0.1, -0.05) is 12.8 Å². The molecule has 1 unspecified atom stereocenters. The first kappa shape index (κ1) is 15.2. The minimum Gasteiger partial charge on any atom is -0.377 e. The normalized spacial score (nSPS) is 26.4. The van der Waals surface area contributed by atoms with Gasteiger partial charge in [0.15, 0.2) is 0 Å². The summed E-state index contributed by atoms with van der Waals surface area (Å²) < 4.78 is 11.6. The van der Waals surface area contributed by atoms with Crippen LogP contribution in [0.4, 0.5) is 0 Å². The first-order chi connectivity index (χ1) is 9.25. The molecular formula is C15H30N2O2. The van der Waals surface area contributed by atoms with Gasteiger partial charge in [-0.15, -0.1) is 0 Å². The third-order valence-corrected chi connectivity index (χ3v) is 4.21. The zero-order chi connectivity index (χ0) is 13.5. The van der Waals surface area contributed by atoms with E-state index in [4.69, 9.17) is 9.47 Å².